The average Bonchev–Trinajstić information content (AvgIpc) is 2.85. The van der Waals surface area contributed by atoms with Gasteiger partial charge in [0.1, 0.15) is 11.6 Å². The van der Waals surface area contributed by atoms with Crippen molar-refractivity contribution in [1.82, 2.24) is 0 Å². The van der Waals surface area contributed by atoms with E-state index in [4.69, 9.17) is 5.11 Å². The number of thioether (sulfide) groups is 1. The monoisotopic (exact) mass is 406 g/mol. The van der Waals surface area contributed by atoms with Crippen LogP contribution in [-0.4, -0.2) is 28.6 Å². The van der Waals surface area contributed by atoms with Crippen molar-refractivity contribution in [2.45, 2.75) is 18.2 Å². The molecule has 0 bridgehead atoms. The molecule has 3 rings (SSSR count). The number of hydrogen-bond acceptors (Lipinski definition) is 5. The fraction of sp³-hybridized carbons (Fsp3) is 0.211. The third-order valence-corrected chi connectivity index (χ3v) is 5.56. The lowest BCUT2D eigenvalue weighted by Gasteiger charge is -2.30. The average molecular weight is 406 g/mol. The molecular formula is C19H16F2N2O4S. The van der Waals surface area contributed by atoms with Gasteiger partial charge in [-0.25, -0.2) is 13.7 Å². The highest BCUT2D eigenvalue weighted by molar-refractivity contribution is 8.01. The number of anilines is 2. The van der Waals surface area contributed by atoms with Crippen LogP contribution in [0.5, 0.6) is 0 Å². The van der Waals surface area contributed by atoms with Gasteiger partial charge in [0.2, 0.25) is 5.91 Å². The summed E-state index contributed by atoms with van der Waals surface area (Å²) in [5.41, 5.74) is 0.302. The van der Waals surface area contributed by atoms with Crippen molar-refractivity contribution < 1.29 is 28.3 Å². The van der Waals surface area contributed by atoms with Crippen LogP contribution < -0.4 is 10.2 Å². The first-order valence-corrected chi connectivity index (χ1v) is 9.28. The summed E-state index contributed by atoms with van der Waals surface area (Å²) in [5, 5.41) is 11.8. The van der Waals surface area contributed by atoms with Crippen LogP contribution in [0, 0.1) is 11.6 Å². The molecule has 9 heteroatoms. The molecule has 0 aliphatic carbocycles. The van der Waals surface area contributed by atoms with Crippen LogP contribution in [0.15, 0.2) is 42.5 Å². The first-order chi connectivity index (χ1) is 13.3. The highest BCUT2D eigenvalue weighted by Crippen LogP contribution is 2.49. The number of nitrogens with one attached hydrogen (secondary N) is 1. The topological polar surface area (TPSA) is 86.7 Å². The molecule has 6 nitrogen and oxygen atoms in total. The van der Waals surface area contributed by atoms with E-state index in [2.05, 4.69) is 5.32 Å². The van der Waals surface area contributed by atoms with Crippen molar-refractivity contribution >= 4 is 40.9 Å². The third-order valence-electron chi connectivity index (χ3n) is 4.22. The first kappa shape index (κ1) is 19.8. The fourth-order valence-electron chi connectivity index (χ4n) is 3.02. The molecule has 2 aromatic rings. The Bertz CT molecular complexity index is 969. The summed E-state index contributed by atoms with van der Waals surface area (Å²) in [4.78, 5) is 35.4. The quantitative estimate of drug-likeness (QED) is 0.716. The molecule has 0 spiro atoms. The Balaban J connectivity index is 2.15. The van der Waals surface area contributed by atoms with E-state index in [0.717, 1.165) is 35.7 Å². The van der Waals surface area contributed by atoms with Crippen molar-refractivity contribution in [1.29, 1.82) is 0 Å². The number of fused-ring (bicyclic) bond motifs is 1. The highest BCUT2D eigenvalue weighted by Gasteiger charge is 2.53. The lowest BCUT2D eigenvalue weighted by atomic mass is 10.1. The number of halogens is 2. The second-order valence-corrected chi connectivity index (χ2v) is 7.41. The Morgan fingerprint density at radius 1 is 1.21 bits per heavy atom. The number of carbonyl (C=O) groups excluding carboxylic acids is 2. The molecule has 2 amide bonds. The Kier molecular flexibility index (Phi) is 5.37. The van der Waals surface area contributed by atoms with Gasteiger partial charge < -0.3 is 10.4 Å². The summed E-state index contributed by atoms with van der Waals surface area (Å²) < 4.78 is 28.1. The molecule has 1 aliphatic heterocycles. The maximum absolute atomic E-state index is 14.3. The predicted octanol–water partition coefficient (Wildman–Crippen LogP) is 3.33. The van der Waals surface area contributed by atoms with E-state index in [0.29, 0.717) is 0 Å². The minimum Gasteiger partial charge on any atom is -0.481 e. The number of aliphatic carboxylic acids is 1. The number of carbonyl (C=O) groups is 3. The van der Waals surface area contributed by atoms with Gasteiger partial charge in [-0.3, -0.25) is 14.4 Å². The predicted molar refractivity (Wildman–Crippen MR) is 101 cm³/mol. The molecule has 2 N–H and O–H groups in total. The van der Waals surface area contributed by atoms with Crippen molar-refractivity contribution in [3.63, 3.8) is 0 Å². The summed E-state index contributed by atoms with van der Waals surface area (Å²) in [6.07, 6.45) is -0.255. The Morgan fingerprint density at radius 3 is 2.57 bits per heavy atom. The number of para-hydroxylation sites is 1. The number of benzene rings is 2. The van der Waals surface area contributed by atoms with Crippen LogP contribution in [0.2, 0.25) is 0 Å². The fourth-order valence-corrected chi connectivity index (χ4v) is 4.33. The van der Waals surface area contributed by atoms with Gasteiger partial charge in [0.15, 0.2) is 4.87 Å². The lowest BCUT2D eigenvalue weighted by Crippen LogP contribution is -2.45. The summed E-state index contributed by atoms with van der Waals surface area (Å²) in [5.74, 6) is -3.70. The molecule has 28 heavy (non-hydrogen) atoms. The third kappa shape index (κ3) is 3.45. The van der Waals surface area contributed by atoms with Gasteiger partial charge in [0, 0.05) is 18.2 Å². The summed E-state index contributed by atoms with van der Waals surface area (Å²) in [6.45, 7) is 1.16. The van der Waals surface area contributed by atoms with Crippen LogP contribution in [0.1, 0.15) is 18.9 Å². The van der Waals surface area contributed by atoms with Crippen molar-refractivity contribution in [2.75, 3.05) is 16.0 Å². The van der Waals surface area contributed by atoms with Gasteiger partial charge in [-0.2, -0.15) is 0 Å². The standard InChI is InChI=1S/C19H16F2N2O4S/c1-11(24)23-16-10-12(20)6-7-13(16)19(18(23)27,28-9-8-17(25)26)22-15-5-3-2-4-14(15)21/h2-7,10,22H,8-9H2,1H3,(H,25,26). The van der Waals surface area contributed by atoms with Crippen molar-refractivity contribution in [3.8, 4) is 0 Å². The molecule has 0 fully saturated rings. The van der Waals surface area contributed by atoms with E-state index in [1.165, 1.54) is 24.3 Å². The van der Waals surface area contributed by atoms with Gasteiger partial charge in [-0.15, -0.1) is 11.8 Å². The second-order valence-electron chi connectivity index (χ2n) is 6.10. The molecule has 1 heterocycles. The van der Waals surface area contributed by atoms with Crippen molar-refractivity contribution in [3.05, 3.63) is 59.7 Å². The van der Waals surface area contributed by atoms with E-state index < -0.39 is 34.3 Å². The molecule has 0 saturated carbocycles. The van der Waals surface area contributed by atoms with E-state index in [9.17, 15) is 23.2 Å². The number of amides is 2. The SMILES string of the molecule is CC(=O)N1C(=O)C(Nc2ccccc2F)(SCCC(=O)O)c2ccc(F)cc21. The number of carboxylic acid groups (broad SMARTS) is 1. The van der Waals surface area contributed by atoms with Gasteiger partial charge >= 0.3 is 5.97 Å². The number of nitrogens with zero attached hydrogens (tertiary/aromatic N) is 1. The number of carboxylic acids is 1. The molecule has 0 radical (unpaired) electrons. The number of rotatable bonds is 6. The molecule has 146 valence electrons. The van der Waals surface area contributed by atoms with E-state index in [1.807, 2.05) is 0 Å². The number of imide groups is 1. The normalized spacial score (nSPS) is 18.1. The van der Waals surface area contributed by atoms with Gasteiger partial charge in [0.05, 0.1) is 17.8 Å². The Morgan fingerprint density at radius 2 is 1.93 bits per heavy atom. The smallest absolute Gasteiger partial charge is 0.304 e. The summed E-state index contributed by atoms with van der Waals surface area (Å²) in [7, 11) is 0. The van der Waals surface area contributed by atoms with E-state index in [-0.39, 0.29) is 29.1 Å². The van der Waals surface area contributed by atoms with Gasteiger partial charge in [-0.1, -0.05) is 18.2 Å². The molecule has 0 saturated heterocycles. The van der Waals surface area contributed by atoms with Crippen LogP contribution in [0.4, 0.5) is 20.2 Å². The zero-order valence-corrected chi connectivity index (χ0v) is 15.6. The first-order valence-electron chi connectivity index (χ1n) is 8.30. The lowest BCUT2D eigenvalue weighted by molar-refractivity contribution is -0.136. The minimum absolute atomic E-state index is 0.000600. The molecule has 1 aliphatic rings. The maximum atomic E-state index is 14.3. The molecule has 0 aromatic heterocycles. The Hall–Kier alpha value is -2.94. The van der Waals surface area contributed by atoms with E-state index in [1.54, 1.807) is 6.07 Å². The van der Waals surface area contributed by atoms with Gasteiger partial charge in [-0.05, 0) is 24.3 Å². The van der Waals surface area contributed by atoms with Crippen LogP contribution in [0.3, 0.4) is 0 Å². The van der Waals surface area contributed by atoms with E-state index >= 15 is 0 Å². The Labute approximate surface area is 163 Å². The zero-order valence-electron chi connectivity index (χ0n) is 14.7. The number of hydrogen-bond donors (Lipinski definition) is 2. The molecule has 1 unspecified atom stereocenters. The molecule has 1 atom stereocenters. The minimum atomic E-state index is -1.67. The molecule has 2 aromatic carbocycles. The van der Waals surface area contributed by atoms with Gasteiger partial charge in [0.25, 0.3) is 5.91 Å². The largest absolute Gasteiger partial charge is 0.481 e. The summed E-state index contributed by atoms with van der Waals surface area (Å²) in [6, 6.07) is 9.18. The zero-order chi connectivity index (χ0) is 20.5. The summed E-state index contributed by atoms with van der Waals surface area (Å²) >= 11 is 0.917. The van der Waals surface area contributed by atoms with Crippen LogP contribution in [-0.2, 0) is 19.3 Å². The van der Waals surface area contributed by atoms with Crippen LogP contribution >= 0.6 is 11.8 Å². The van der Waals surface area contributed by atoms with Crippen LogP contribution in [0.25, 0.3) is 0 Å². The van der Waals surface area contributed by atoms with Crippen molar-refractivity contribution in [2.24, 2.45) is 0 Å². The highest BCUT2D eigenvalue weighted by atomic mass is 32.2. The second kappa shape index (κ2) is 7.59. The molecular weight excluding hydrogens is 390 g/mol. The maximum Gasteiger partial charge on any atom is 0.304 e.